The lowest BCUT2D eigenvalue weighted by atomic mass is 10.0. The first-order chi connectivity index (χ1) is 14.7. The minimum absolute atomic E-state index is 0.0107. The van der Waals surface area contributed by atoms with Gasteiger partial charge in [-0.2, -0.15) is 5.10 Å². The van der Waals surface area contributed by atoms with Crippen molar-refractivity contribution in [2.75, 3.05) is 11.9 Å². The fourth-order valence-electron chi connectivity index (χ4n) is 3.64. The molecule has 5 aromatic rings. The summed E-state index contributed by atoms with van der Waals surface area (Å²) < 4.78 is 0. The maximum atomic E-state index is 6.37. The van der Waals surface area contributed by atoms with Crippen molar-refractivity contribution in [1.29, 1.82) is 0 Å². The molecule has 0 radical (unpaired) electrons. The number of nitrogens with two attached hydrogens (primary N) is 1. The number of nitrogens with zero attached hydrogens (tertiary/aromatic N) is 3. The highest BCUT2D eigenvalue weighted by Crippen LogP contribution is 2.29. The Balaban J connectivity index is 1.23. The molecule has 2 aromatic heterocycles. The molecule has 3 aromatic carbocycles. The van der Waals surface area contributed by atoms with Crippen LogP contribution in [0.3, 0.4) is 0 Å². The number of aryl methyl sites for hydroxylation is 1. The van der Waals surface area contributed by atoms with E-state index in [9.17, 15) is 0 Å². The van der Waals surface area contributed by atoms with Gasteiger partial charge in [0.15, 0.2) is 0 Å². The Bertz CT molecular complexity index is 1320. The van der Waals surface area contributed by atoms with Crippen LogP contribution in [0.25, 0.3) is 32.2 Å². The summed E-state index contributed by atoms with van der Waals surface area (Å²) in [4.78, 5) is 0. The van der Waals surface area contributed by atoms with E-state index >= 15 is 0 Å². The fraction of sp³-hybridized carbons (Fsp3) is 0.174. The second-order valence-electron chi connectivity index (χ2n) is 7.52. The second-order valence-corrected chi connectivity index (χ2v) is 8.50. The molecule has 0 aliphatic heterocycles. The van der Waals surface area contributed by atoms with Gasteiger partial charge < -0.3 is 11.1 Å². The molecule has 0 aliphatic rings. The Hall–Kier alpha value is -3.29. The first-order valence-electron chi connectivity index (χ1n) is 9.91. The topological polar surface area (TPSA) is 92.5 Å². The quantitative estimate of drug-likeness (QED) is 0.380. The smallest absolute Gasteiger partial charge is 0.206 e. The van der Waals surface area contributed by atoms with Gasteiger partial charge in [0.1, 0.15) is 5.01 Å². The second kappa shape index (κ2) is 7.85. The van der Waals surface area contributed by atoms with Gasteiger partial charge in [-0.1, -0.05) is 53.8 Å². The van der Waals surface area contributed by atoms with Crippen LogP contribution in [0.5, 0.6) is 0 Å². The number of benzene rings is 3. The van der Waals surface area contributed by atoms with Crippen molar-refractivity contribution in [2.24, 2.45) is 5.73 Å². The van der Waals surface area contributed by atoms with Crippen LogP contribution in [0.4, 0.5) is 5.13 Å². The first-order valence-corrected chi connectivity index (χ1v) is 10.7. The number of hydrogen-bond acceptors (Lipinski definition) is 6. The lowest BCUT2D eigenvalue weighted by molar-refractivity contribution is 0.699. The zero-order valence-electron chi connectivity index (χ0n) is 16.6. The average molecular weight is 415 g/mol. The number of H-pyrrole nitrogens is 1. The van der Waals surface area contributed by atoms with E-state index in [-0.39, 0.29) is 6.04 Å². The maximum Gasteiger partial charge on any atom is 0.206 e. The summed E-state index contributed by atoms with van der Waals surface area (Å²) in [6.45, 7) is 2.66. The molecule has 0 fully saturated rings. The summed E-state index contributed by atoms with van der Waals surface area (Å²) in [6, 6.07) is 21.0. The van der Waals surface area contributed by atoms with Crippen molar-refractivity contribution >= 4 is 38.1 Å². The van der Waals surface area contributed by atoms with Crippen molar-refractivity contribution in [3.63, 3.8) is 0 Å². The highest BCUT2D eigenvalue weighted by atomic mass is 32.1. The number of anilines is 1. The molecule has 30 heavy (non-hydrogen) atoms. The standard InChI is InChI=1S/C23H22N6S/c1-14-20-12-18(8-9-21(20)27-26-14)22-28-29-23(30-22)25-13-19(24)11-15-6-7-16-4-2-3-5-17(16)10-15/h2-10,12,19H,11,13,24H2,1H3,(H,25,29)(H,26,27)/t19-/m1/s1. The summed E-state index contributed by atoms with van der Waals surface area (Å²) in [7, 11) is 0. The van der Waals surface area contributed by atoms with E-state index in [1.165, 1.54) is 27.7 Å². The van der Waals surface area contributed by atoms with Crippen molar-refractivity contribution in [1.82, 2.24) is 20.4 Å². The van der Waals surface area contributed by atoms with Gasteiger partial charge in [0, 0.05) is 29.2 Å². The third-order valence-electron chi connectivity index (χ3n) is 5.24. The highest BCUT2D eigenvalue weighted by Gasteiger charge is 2.11. The Labute approximate surface area is 178 Å². The zero-order valence-corrected chi connectivity index (χ0v) is 17.4. The van der Waals surface area contributed by atoms with Gasteiger partial charge in [-0.3, -0.25) is 5.10 Å². The first kappa shape index (κ1) is 18.7. The molecular weight excluding hydrogens is 392 g/mol. The third kappa shape index (κ3) is 3.77. The molecule has 0 amide bonds. The summed E-state index contributed by atoms with van der Waals surface area (Å²) in [5.74, 6) is 0. The minimum atomic E-state index is -0.0107. The minimum Gasteiger partial charge on any atom is -0.359 e. The molecule has 0 saturated heterocycles. The van der Waals surface area contributed by atoms with Crippen molar-refractivity contribution in [3.8, 4) is 10.6 Å². The van der Waals surface area contributed by atoms with E-state index < -0.39 is 0 Å². The Morgan fingerprint density at radius 2 is 1.90 bits per heavy atom. The summed E-state index contributed by atoms with van der Waals surface area (Å²) in [5, 5.41) is 24.5. The SMILES string of the molecule is Cc1[nH]nc2ccc(-c3nnc(NC[C@H](N)Cc4ccc5ccccc5c4)s3)cc12. The normalized spacial score (nSPS) is 12.5. The zero-order chi connectivity index (χ0) is 20.5. The van der Waals surface area contributed by atoms with E-state index in [1.54, 1.807) is 0 Å². The Morgan fingerprint density at radius 1 is 1.03 bits per heavy atom. The van der Waals surface area contributed by atoms with E-state index in [2.05, 4.69) is 74.2 Å². The van der Waals surface area contributed by atoms with Crippen LogP contribution in [-0.2, 0) is 6.42 Å². The van der Waals surface area contributed by atoms with Crippen LogP contribution in [-0.4, -0.2) is 33.0 Å². The number of nitrogens with one attached hydrogen (secondary N) is 2. The maximum absolute atomic E-state index is 6.37. The molecule has 0 saturated carbocycles. The molecule has 2 heterocycles. The molecule has 1 atom stereocenters. The van der Waals surface area contributed by atoms with Crippen LogP contribution in [0.15, 0.2) is 60.7 Å². The summed E-state index contributed by atoms with van der Waals surface area (Å²) in [6.07, 6.45) is 0.805. The van der Waals surface area contributed by atoms with Crippen molar-refractivity contribution in [3.05, 3.63) is 71.9 Å². The van der Waals surface area contributed by atoms with Crippen molar-refractivity contribution < 1.29 is 0 Å². The number of aromatic amines is 1. The molecule has 0 unspecified atom stereocenters. The van der Waals surface area contributed by atoms with Gasteiger partial charge in [0.25, 0.3) is 0 Å². The lowest BCUT2D eigenvalue weighted by Gasteiger charge is -2.12. The molecule has 4 N–H and O–H groups in total. The molecular formula is C23H22N6S. The predicted octanol–water partition coefficient (Wildman–Crippen LogP) is 4.52. The highest BCUT2D eigenvalue weighted by molar-refractivity contribution is 7.18. The van der Waals surface area contributed by atoms with Crippen LogP contribution >= 0.6 is 11.3 Å². The number of hydrogen-bond donors (Lipinski definition) is 3. The van der Waals surface area contributed by atoms with E-state index in [4.69, 9.17) is 5.73 Å². The molecule has 0 bridgehead atoms. The van der Waals surface area contributed by atoms with Crippen molar-refractivity contribution in [2.45, 2.75) is 19.4 Å². The van der Waals surface area contributed by atoms with Gasteiger partial charge in [0.2, 0.25) is 5.13 Å². The van der Waals surface area contributed by atoms with Crippen LogP contribution in [0.2, 0.25) is 0 Å². The number of fused-ring (bicyclic) bond motifs is 2. The summed E-state index contributed by atoms with van der Waals surface area (Å²) >= 11 is 1.53. The fourth-order valence-corrected chi connectivity index (χ4v) is 4.39. The largest absolute Gasteiger partial charge is 0.359 e. The number of rotatable bonds is 6. The molecule has 7 heteroatoms. The van der Waals surface area contributed by atoms with Crippen LogP contribution < -0.4 is 11.1 Å². The Morgan fingerprint density at radius 3 is 2.80 bits per heavy atom. The molecule has 5 rings (SSSR count). The van der Waals surface area contributed by atoms with Gasteiger partial charge in [-0.15, -0.1) is 10.2 Å². The Kier molecular flexibility index (Phi) is 4.90. The van der Waals surface area contributed by atoms with E-state index in [0.717, 1.165) is 38.7 Å². The van der Waals surface area contributed by atoms with Crippen LogP contribution in [0.1, 0.15) is 11.3 Å². The molecule has 0 aliphatic carbocycles. The molecule has 6 nitrogen and oxygen atoms in total. The monoisotopic (exact) mass is 414 g/mol. The predicted molar refractivity (Wildman–Crippen MR) is 124 cm³/mol. The van der Waals surface area contributed by atoms with E-state index in [1.807, 2.05) is 19.1 Å². The number of aromatic nitrogens is 4. The molecule has 0 spiro atoms. The van der Waals surface area contributed by atoms with Gasteiger partial charge in [-0.05, 0) is 47.9 Å². The van der Waals surface area contributed by atoms with Gasteiger partial charge >= 0.3 is 0 Å². The van der Waals surface area contributed by atoms with Crippen LogP contribution in [0, 0.1) is 6.92 Å². The lowest BCUT2D eigenvalue weighted by Crippen LogP contribution is -2.31. The molecule has 150 valence electrons. The third-order valence-corrected chi connectivity index (χ3v) is 6.17. The van der Waals surface area contributed by atoms with E-state index in [0.29, 0.717) is 6.54 Å². The van der Waals surface area contributed by atoms with Gasteiger partial charge in [0.05, 0.1) is 5.52 Å². The average Bonchev–Trinajstić information content (AvgIpc) is 3.39. The summed E-state index contributed by atoms with van der Waals surface area (Å²) in [5.41, 5.74) is 10.7. The van der Waals surface area contributed by atoms with Gasteiger partial charge in [-0.25, -0.2) is 0 Å².